The quantitative estimate of drug-likeness (QED) is 0.603. The van der Waals surface area contributed by atoms with Crippen LogP contribution in [0.1, 0.15) is 44.9 Å². The van der Waals surface area contributed by atoms with Crippen LogP contribution in [0.4, 0.5) is 10.5 Å². The first-order valence-corrected chi connectivity index (χ1v) is 12.0. The predicted octanol–water partition coefficient (Wildman–Crippen LogP) is 4.36. The minimum Gasteiger partial charge on any atom is -0.316 e. The van der Waals surface area contributed by atoms with Crippen molar-refractivity contribution in [3.8, 4) is 11.3 Å². The molecule has 0 unspecified atom stereocenters. The fourth-order valence-electron chi connectivity index (χ4n) is 4.88. The highest BCUT2D eigenvalue weighted by Crippen LogP contribution is 2.34. The molecule has 2 aromatic heterocycles. The lowest BCUT2D eigenvalue weighted by molar-refractivity contribution is -0.127. The summed E-state index contributed by atoms with van der Waals surface area (Å²) in [5, 5.41) is 11.8. The second-order valence-electron chi connectivity index (χ2n) is 10.6. The summed E-state index contributed by atoms with van der Waals surface area (Å²) < 4.78 is 0. The van der Waals surface area contributed by atoms with Gasteiger partial charge in [-0.25, -0.2) is 4.79 Å². The number of carbonyl (C=O) groups is 2. The highest BCUT2D eigenvalue weighted by Gasteiger charge is 2.34. The van der Waals surface area contributed by atoms with Crippen LogP contribution in [-0.2, 0) is 11.3 Å². The van der Waals surface area contributed by atoms with Crippen LogP contribution in [0.5, 0.6) is 0 Å². The van der Waals surface area contributed by atoms with Crippen molar-refractivity contribution >= 4 is 28.4 Å². The zero-order valence-corrected chi connectivity index (χ0v) is 20.3. The van der Waals surface area contributed by atoms with Crippen LogP contribution in [0.15, 0.2) is 30.5 Å². The summed E-state index contributed by atoms with van der Waals surface area (Å²) in [6.45, 7) is 10.5. The third kappa shape index (κ3) is 4.30. The predicted molar refractivity (Wildman–Crippen MR) is 133 cm³/mol. The molecular formula is C26H32N6O2. The van der Waals surface area contributed by atoms with Crippen molar-refractivity contribution in [2.24, 2.45) is 5.41 Å². The van der Waals surface area contributed by atoms with Gasteiger partial charge in [-0.2, -0.15) is 5.10 Å². The third-order valence-electron chi connectivity index (χ3n) is 6.93. The number of amides is 2. The Labute approximate surface area is 199 Å². The van der Waals surface area contributed by atoms with Gasteiger partial charge in [-0.05, 0) is 56.1 Å². The number of nitrogens with one attached hydrogen (secondary N) is 2. The molecule has 3 aromatic rings. The number of ketones is 1. The number of fused-ring (bicyclic) bond motifs is 2. The average molecular weight is 461 g/mol. The smallest absolute Gasteiger partial charge is 0.316 e. The molecule has 0 bridgehead atoms. The standard InChI is InChI=1S/C26H32N6O2/c1-16-10-17(7-8-27-16)24-20-11-18-13-32(25(34)28-21(18)12-22(20)29-30-24)19-6-5-9-31(14-19)15-23(33)26(2,3)4/h7-8,10-12,19H,5-6,9,13-15H2,1-4H3,(H,28,34)(H,29,30)/t19-/m1/s1. The second-order valence-corrected chi connectivity index (χ2v) is 10.6. The van der Waals surface area contributed by atoms with Gasteiger partial charge in [-0.3, -0.25) is 19.8 Å². The Morgan fingerprint density at radius 3 is 2.82 bits per heavy atom. The Hall–Kier alpha value is -3.26. The first-order valence-electron chi connectivity index (χ1n) is 12.0. The van der Waals surface area contributed by atoms with Gasteiger partial charge >= 0.3 is 6.03 Å². The van der Waals surface area contributed by atoms with Crippen molar-refractivity contribution < 1.29 is 9.59 Å². The number of aromatic nitrogens is 3. The van der Waals surface area contributed by atoms with Gasteiger partial charge in [0.15, 0.2) is 5.78 Å². The Morgan fingerprint density at radius 2 is 2.06 bits per heavy atom. The number of aryl methyl sites for hydroxylation is 1. The highest BCUT2D eigenvalue weighted by atomic mass is 16.2. The number of benzene rings is 1. The van der Waals surface area contributed by atoms with Crippen molar-refractivity contribution in [2.75, 3.05) is 25.0 Å². The van der Waals surface area contributed by atoms with Gasteiger partial charge in [-0.15, -0.1) is 0 Å². The minimum absolute atomic E-state index is 0.0784. The fourth-order valence-corrected chi connectivity index (χ4v) is 4.88. The topological polar surface area (TPSA) is 94.2 Å². The Morgan fingerprint density at radius 1 is 1.24 bits per heavy atom. The van der Waals surface area contributed by atoms with Crippen LogP contribution < -0.4 is 5.32 Å². The van der Waals surface area contributed by atoms with Crippen LogP contribution in [0, 0.1) is 12.3 Å². The van der Waals surface area contributed by atoms with Crippen LogP contribution in [-0.4, -0.2) is 62.5 Å². The number of likely N-dealkylation sites (tertiary alicyclic amines) is 1. The molecule has 8 nitrogen and oxygen atoms in total. The first-order chi connectivity index (χ1) is 16.2. The van der Waals surface area contributed by atoms with Crippen molar-refractivity contribution in [2.45, 2.75) is 53.1 Å². The number of H-pyrrole nitrogens is 1. The van der Waals surface area contributed by atoms with E-state index in [1.54, 1.807) is 6.20 Å². The molecule has 1 fully saturated rings. The monoisotopic (exact) mass is 460 g/mol. The number of rotatable bonds is 4. The van der Waals surface area contributed by atoms with E-state index in [0.717, 1.165) is 65.0 Å². The van der Waals surface area contributed by atoms with Gasteiger partial charge < -0.3 is 10.2 Å². The van der Waals surface area contributed by atoms with E-state index in [9.17, 15) is 9.59 Å². The van der Waals surface area contributed by atoms with Crippen molar-refractivity contribution in [3.63, 3.8) is 0 Å². The largest absolute Gasteiger partial charge is 0.322 e. The maximum absolute atomic E-state index is 13.0. The number of hydrogen-bond acceptors (Lipinski definition) is 5. The molecule has 0 radical (unpaired) electrons. The van der Waals surface area contributed by atoms with Crippen molar-refractivity contribution in [1.82, 2.24) is 25.0 Å². The van der Waals surface area contributed by atoms with Crippen molar-refractivity contribution in [3.05, 3.63) is 41.7 Å². The number of aromatic amines is 1. The molecule has 0 saturated carbocycles. The van der Waals surface area contributed by atoms with Gasteiger partial charge in [0.2, 0.25) is 0 Å². The molecule has 2 aliphatic rings. The molecule has 0 aliphatic carbocycles. The summed E-state index contributed by atoms with van der Waals surface area (Å²) in [6, 6.07) is 8.10. The lowest BCUT2D eigenvalue weighted by Gasteiger charge is -2.41. The minimum atomic E-state index is -0.352. The molecule has 178 valence electrons. The number of pyridine rings is 1. The van der Waals surface area contributed by atoms with E-state index >= 15 is 0 Å². The molecule has 4 heterocycles. The maximum atomic E-state index is 13.0. The number of anilines is 1. The van der Waals surface area contributed by atoms with E-state index < -0.39 is 0 Å². The summed E-state index contributed by atoms with van der Waals surface area (Å²) in [7, 11) is 0. The molecule has 0 spiro atoms. The molecule has 1 aromatic carbocycles. The highest BCUT2D eigenvalue weighted by molar-refractivity contribution is 6.00. The van der Waals surface area contributed by atoms with Crippen LogP contribution >= 0.6 is 0 Å². The number of urea groups is 1. The van der Waals surface area contributed by atoms with Crippen molar-refractivity contribution in [1.29, 1.82) is 0 Å². The first kappa shape index (κ1) is 22.5. The molecule has 2 N–H and O–H groups in total. The summed E-state index contributed by atoms with van der Waals surface area (Å²) in [5.41, 5.74) is 5.28. The van der Waals surface area contributed by atoms with Crippen LogP contribution in [0.2, 0.25) is 0 Å². The summed E-state index contributed by atoms with van der Waals surface area (Å²) >= 11 is 0. The number of hydrogen-bond donors (Lipinski definition) is 2. The number of carbonyl (C=O) groups excluding carboxylic acids is 2. The zero-order valence-electron chi connectivity index (χ0n) is 20.3. The summed E-state index contributed by atoms with van der Waals surface area (Å²) in [5.74, 6) is 0.239. The van der Waals surface area contributed by atoms with E-state index in [4.69, 9.17) is 0 Å². The Kier molecular flexibility index (Phi) is 5.64. The van der Waals surface area contributed by atoms with Gasteiger partial charge in [0.25, 0.3) is 0 Å². The molecular weight excluding hydrogens is 428 g/mol. The zero-order chi connectivity index (χ0) is 24.0. The van der Waals surface area contributed by atoms with E-state index in [1.807, 2.05) is 50.8 Å². The summed E-state index contributed by atoms with van der Waals surface area (Å²) in [4.78, 5) is 34.0. The maximum Gasteiger partial charge on any atom is 0.322 e. The molecule has 1 saturated heterocycles. The fraction of sp³-hybridized carbons (Fsp3) is 0.462. The normalized spacial score (nSPS) is 19.2. The van der Waals surface area contributed by atoms with Gasteiger partial charge in [0.05, 0.1) is 12.1 Å². The Bertz CT molecular complexity index is 1260. The van der Waals surface area contributed by atoms with Crippen LogP contribution in [0.25, 0.3) is 22.2 Å². The second kappa shape index (κ2) is 8.51. The van der Waals surface area contributed by atoms with Gasteiger partial charge in [-0.1, -0.05) is 20.8 Å². The average Bonchev–Trinajstić information content (AvgIpc) is 3.19. The van der Waals surface area contributed by atoms with E-state index in [0.29, 0.717) is 13.1 Å². The molecule has 8 heteroatoms. The number of Topliss-reactive ketones (excluding diaryl/α,β-unsaturated/α-hetero) is 1. The number of piperidine rings is 1. The molecule has 2 aliphatic heterocycles. The van der Waals surface area contributed by atoms with Crippen LogP contribution in [0.3, 0.4) is 0 Å². The molecule has 5 rings (SSSR count). The van der Waals surface area contributed by atoms with E-state index in [1.165, 1.54) is 0 Å². The van der Waals surface area contributed by atoms with Gasteiger partial charge in [0, 0.05) is 53.1 Å². The van der Waals surface area contributed by atoms with E-state index in [2.05, 4.69) is 31.5 Å². The van der Waals surface area contributed by atoms with E-state index in [-0.39, 0.29) is 23.3 Å². The number of nitrogens with zero attached hydrogens (tertiary/aromatic N) is 4. The summed E-state index contributed by atoms with van der Waals surface area (Å²) in [6.07, 6.45) is 3.72. The lowest BCUT2D eigenvalue weighted by atomic mass is 9.90. The SMILES string of the molecule is Cc1cc(-c2n[nH]c3cc4c(cc23)CN([C@@H]2CCCN(CC(=O)C(C)(C)C)C2)C(=O)N4)ccn1. The molecule has 1 atom stereocenters. The molecule has 2 amide bonds. The third-order valence-corrected chi connectivity index (χ3v) is 6.93. The van der Waals surface area contributed by atoms with Gasteiger partial charge in [0.1, 0.15) is 5.69 Å². The lowest BCUT2D eigenvalue weighted by Crippen LogP contribution is -2.53. The molecule has 34 heavy (non-hydrogen) atoms. The Balaban J connectivity index is 1.39.